The first-order valence-electron chi connectivity index (χ1n) is 9.71. The predicted molar refractivity (Wildman–Crippen MR) is 120 cm³/mol. The van der Waals surface area contributed by atoms with Gasteiger partial charge in [0, 0.05) is 16.5 Å². The number of ether oxygens (including phenoxy) is 1. The van der Waals surface area contributed by atoms with Crippen LogP contribution in [-0.2, 0) is 16.9 Å². The highest BCUT2D eigenvalue weighted by Gasteiger charge is 2.30. The highest BCUT2D eigenvalue weighted by atomic mass is 32.2. The second-order valence-corrected chi connectivity index (χ2v) is 9.48. The Bertz CT molecular complexity index is 1110. The van der Waals surface area contributed by atoms with Crippen LogP contribution in [0.5, 0.6) is 0 Å². The van der Waals surface area contributed by atoms with Crippen LogP contribution >= 0.6 is 23.1 Å². The molecule has 0 unspecified atom stereocenters. The number of nitrogens with one attached hydrogen (secondary N) is 1. The highest BCUT2D eigenvalue weighted by molar-refractivity contribution is 7.98. The molecule has 2 aromatic carbocycles. The van der Waals surface area contributed by atoms with Crippen molar-refractivity contribution in [1.82, 2.24) is 0 Å². The van der Waals surface area contributed by atoms with Crippen LogP contribution in [0.1, 0.15) is 37.8 Å². The summed E-state index contributed by atoms with van der Waals surface area (Å²) >= 11 is 3.12. The largest absolute Gasteiger partial charge is 0.478 e. The molecule has 0 saturated heterocycles. The van der Waals surface area contributed by atoms with E-state index in [1.807, 2.05) is 24.3 Å². The van der Waals surface area contributed by atoms with Crippen LogP contribution in [0.25, 0.3) is 11.1 Å². The van der Waals surface area contributed by atoms with Crippen LogP contribution < -0.4 is 5.32 Å². The first-order chi connectivity index (χ1) is 14.6. The number of carboxylic acids is 1. The molecule has 30 heavy (non-hydrogen) atoms. The molecule has 3 aromatic rings. The highest BCUT2D eigenvalue weighted by Crippen LogP contribution is 2.44. The topological polar surface area (TPSA) is 75.6 Å². The van der Waals surface area contributed by atoms with E-state index >= 15 is 0 Å². The Morgan fingerprint density at radius 3 is 2.40 bits per heavy atom. The number of thiophene rings is 1. The fourth-order valence-corrected chi connectivity index (χ4v) is 6.63. The van der Waals surface area contributed by atoms with Gasteiger partial charge < -0.3 is 9.84 Å². The molecule has 5 rings (SSSR count). The number of rotatable bonds is 4. The number of benzene rings is 2. The molecule has 1 aromatic heterocycles. The third kappa shape index (κ3) is 3.28. The van der Waals surface area contributed by atoms with E-state index in [0.29, 0.717) is 11.4 Å². The van der Waals surface area contributed by atoms with Crippen LogP contribution in [0.2, 0.25) is 0 Å². The Balaban J connectivity index is 1.34. The van der Waals surface area contributed by atoms with Gasteiger partial charge in [-0.1, -0.05) is 48.5 Å². The average Bonchev–Trinajstić information content (AvgIpc) is 3.27. The average molecular weight is 438 g/mol. The number of carbonyl (C=O) groups is 2. The van der Waals surface area contributed by atoms with E-state index in [9.17, 15) is 14.7 Å². The molecule has 2 aliphatic rings. The Morgan fingerprint density at radius 2 is 1.73 bits per heavy atom. The molecule has 1 amide bonds. The fourth-order valence-electron chi connectivity index (χ4n) is 4.27. The lowest BCUT2D eigenvalue weighted by Gasteiger charge is -2.14. The van der Waals surface area contributed by atoms with Gasteiger partial charge in [-0.15, -0.1) is 11.3 Å². The van der Waals surface area contributed by atoms with Crippen molar-refractivity contribution in [3.63, 3.8) is 0 Å². The van der Waals surface area contributed by atoms with E-state index in [4.69, 9.17) is 4.74 Å². The number of anilines is 1. The first kappa shape index (κ1) is 19.2. The van der Waals surface area contributed by atoms with Crippen molar-refractivity contribution in [3.8, 4) is 11.1 Å². The number of fused-ring (bicyclic) bond motifs is 4. The fraction of sp³-hybridized carbons (Fsp3) is 0.217. The number of amides is 1. The number of hydrogen-bond donors (Lipinski definition) is 2. The molecule has 0 spiro atoms. The van der Waals surface area contributed by atoms with E-state index in [2.05, 4.69) is 29.6 Å². The molecule has 0 atom stereocenters. The summed E-state index contributed by atoms with van der Waals surface area (Å²) in [6, 6.07) is 16.3. The molecule has 2 heterocycles. The molecular formula is C23H19NO4S2. The maximum atomic E-state index is 12.6. The van der Waals surface area contributed by atoms with Crippen molar-refractivity contribution in [1.29, 1.82) is 0 Å². The van der Waals surface area contributed by atoms with Gasteiger partial charge in [0.2, 0.25) is 0 Å². The first-order valence-corrected chi connectivity index (χ1v) is 11.7. The Hall–Kier alpha value is -2.77. The van der Waals surface area contributed by atoms with Gasteiger partial charge in [-0.3, -0.25) is 5.32 Å². The van der Waals surface area contributed by atoms with Gasteiger partial charge in [-0.05, 0) is 40.0 Å². The number of carbonyl (C=O) groups excluding carboxylic acids is 1. The smallest absolute Gasteiger partial charge is 0.412 e. The van der Waals surface area contributed by atoms with Gasteiger partial charge >= 0.3 is 12.1 Å². The second-order valence-electron chi connectivity index (χ2n) is 7.27. The summed E-state index contributed by atoms with van der Waals surface area (Å²) in [5, 5.41) is 12.7. The Labute approximate surface area is 182 Å². The van der Waals surface area contributed by atoms with Crippen molar-refractivity contribution in [2.24, 2.45) is 0 Å². The van der Waals surface area contributed by atoms with Crippen LogP contribution in [0, 0.1) is 0 Å². The summed E-state index contributed by atoms with van der Waals surface area (Å²) in [6.45, 7) is 0.198. The third-order valence-electron chi connectivity index (χ3n) is 5.59. The van der Waals surface area contributed by atoms with Crippen LogP contribution in [0.4, 0.5) is 9.80 Å². The summed E-state index contributed by atoms with van der Waals surface area (Å²) in [4.78, 5) is 25.4. The molecule has 1 aliphatic heterocycles. The van der Waals surface area contributed by atoms with Gasteiger partial charge in [0.15, 0.2) is 0 Å². The van der Waals surface area contributed by atoms with E-state index in [1.54, 1.807) is 11.8 Å². The molecule has 7 heteroatoms. The van der Waals surface area contributed by atoms with Gasteiger partial charge in [-0.2, -0.15) is 11.8 Å². The standard InChI is InChI=1S/C23H19NO4S2/c25-22(26)20-17-9-10-29-12-19(17)30-21(20)24-23(27)28-11-18-15-7-3-1-5-13(15)14-6-2-4-8-16(14)18/h1-8,18H,9-12H2,(H,24,27)(H,25,26). The van der Waals surface area contributed by atoms with Crippen LogP contribution in [0.3, 0.4) is 0 Å². The van der Waals surface area contributed by atoms with E-state index in [-0.39, 0.29) is 18.1 Å². The number of carboxylic acid groups (broad SMARTS) is 1. The van der Waals surface area contributed by atoms with Gasteiger partial charge in [-0.25, -0.2) is 9.59 Å². The van der Waals surface area contributed by atoms with Crippen molar-refractivity contribution >= 4 is 40.2 Å². The van der Waals surface area contributed by atoms with Crippen molar-refractivity contribution < 1.29 is 19.4 Å². The zero-order valence-electron chi connectivity index (χ0n) is 16.0. The summed E-state index contributed by atoms with van der Waals surface area (Å²) in [6.07, 6.45) is 0.0930. The minimum Gasteiger partial charge on any atom is -0.478 e. The van der Waals surface area contributed by atoms with E-state index in [0.717, 1.165) is 33.1 Å². The maximum Gasteiger partial charge on any atom is 0.412 e. The normalized spacial score (nSPS) is 14.5. The zero-order valence-corrected chi connectivity index (χ0v) is 17.6. The van der Waals surface area contributed by atoms with Gasteiger partial charge in [0.1, 0.15) is 11.6 Å². The lowest BCUT2D eigenvalue weighted by atomic mass is 9.98. The van der Waals surface area contributed by atoms with E-state index < -0.39 is 12.1 Å². The number of thioether (sulfide) groups is 1. The SMILES string of the molecule is O=C(Nc1sc2c(c1C(=O)O)CCSC2)OCC1c2ccccc2-c2ccccc21. The molecule has 0 bridgehead atoms. The maximum absolute atomic E-state index is 12.6. The summed E-state index contributed by atoms with van der Waals surface area (Å²) < 4.78 is 5.57. The summed E-state index contributed by atoms with van der Waals surface area (Å²) in [5.74, 6) is 0.643. The molecule has 0 radical (unpaired) electrons. The summed E-state index contributed by atoms with van der Waals surface area (Å²) in [7, 11) is 0. The Morgan fingerprint density at radius 1 is 1.07 bits per heavy atom. The van der Waals surface area contributed by atoms with Crippen molar-refractivity contribution in [2.45, 2.75) is 18.1 Å². The minimum atomic E-state index is -1.01. The number of hydrogen-bond acceptors (Lipinski definition) is 5. The molecule has 1 aliphatic carbocycles. The monoisotopic (exact) mass is 437 g/mol. The number of aromatic carboxylic acids is 1. The van der Waals surface area contributed by atoms with Gasteiger partial charge in [0.05, 0.1) is 5.56 Å². The molecular weight excluding hydrogens is 418 g/mol. The molecule has 5 nitrogen and oxygen atoms in total. The quantitative estimate of drug-likeness (QED) is 0.556. The van der Waals surface area contributed by atoms with E-state index in [1.165, 1.54) is 22.5 Å². The zero-order chi connectivity index (χ0) is 20.7. The van der Waals surface area contributed by atoms with Gasteiger partial charge in [0.25, 0.3) is 0 Å². The minimum absolute atomic E-state index is 0.0324. The lowest BCUT2D eigenvalue weighted by molar-refractivity contribution is 0.0697. The van der Waals surface area contributed by atoms with Crippen molar-refractivity contribution in [3.05, 3.63) is 75.7 Å². The predicted octanol–water partition coefficient (Wildman–Crippen LogP) is 5.60. The summed E-state index contributed by atoms with van der Waals surface area (Å²) in [5.41, 5.74) is 5.67. The molecule has 0 saturated carbocycles. The second kappa shape index (κ2) is 7.81. The van der Waals surface area contributed by atoms with Crippen LogP contribution in [-0.4, -0.2) is 29.5 Å². The lowest BCUT2D eigenvalue weighted by Crippen LogP contribution is -2.18. The molecule has 2 N–H and O–H groups in total. The van der Waals surface area contributed by atoms with Crippen LogP contribution in [0.15, 0.2) is 48.5 Å². The third-order valence-corrected chi connectivity index (χ3v) is 7.91. The molecule has 0 fully saturated rings. The Kier molecular flexibility index (Phi) is 5.00. The van der Waals surface area contributed by atoms with Crippen molar-refractivity contribution in [2.75, 3.05) is 17.7 Å². The molecule has 152 valence electrons.